The summed E-state index contributed by atoms with van der Waals surface area (Å²) in [5, 5.41) is 15.5. The van der Waals surface area contributed by atoms with Gasteiger partial charge in [0.25, 0.3) is 0 Å². The molecule has 0 saturated carbocycles. The Morgan fingerprint density at radius 1 is 1.58 bits per heavy atom. The molecule has 0 unspecified atom stereocenters. The lowest BCUT2D eigenvalue weighted by Gasteiger charge is -2.04. The summed E-state index contributed by atoms with van der Waals surface area (Å²) in [7, 11) is 0. The summed E-state index contributed by atoms with van der Waals surface area (Å²) in [6.45, 7) is 2.33. The molecular formula is C12H11FN4OS. The first kappa shape index (κ1) is 13.4. The predicted octanol–water partition coefficient (Wildman–Crippen LogP) is 1.89. The number of hydrogen-bond acceptors (Lipinski definition) is 4. The Bertz CT molecular complexity index is 686. The average Bonchev–Trinajstić information content (AvgIpc) is 2.78. The first-order valence-electron chi connectivity index (χ1n) is 5.62. The van der Waals surface area contributed by atoms with Gasteiger partial charge in [0.15, 0.2) is 5.16 Å². The molecule has 0 aliphatic rings. The van der Waals surface area contributed by atoms with E-state index in [0.29, 0.717) is 23.0 Å². The number of H-pyrrole nitrogens is 1. The number of rotatable bonds is 4. The first-order chi connectivity index (χ1) is 9.17. The Balaban J connectivity index is 2.20. The molecule has 1 aromatic heterocycles. The third-order valence-electron chi connectivity index (χ3n) is 2.60. The van der Waals surface area contributed by atoms with Crippen molar-refractivity contribution in [3.63, 3.8) is 0 Å². The highest BCUT2D eigenvalue weighted by Gasteiger charge is 2.11. The molecule has 1 aromatic carbocycles. The van der Waals surface area contributed by atoms with Crippen molar-refractivity contribution in [3.05, 3.63) is 45.6 Å². The van der Waals surface area contributed by atoms with Gasteiger partial charge in [0.2, 0.25) is 0 Å². The van der Waals surface area contributed by atoms with Crippen LogP contribution in [-0.2, 0) is 12.3 Å². The van der Waals surface area contributed by atoms with Crippen molar-refractivity contribution in [3.8, 4) is 6.07 Å². The van der Waals surface area contributed by atoms with Crippen LogP contribution in [0.25, 0.3) is 0 Å². The summed E-state index contributed by atoms with van der Waals surface area (Å²) in [5.74, 6) is -0.204. The van der Waals surface area contributed by atoms with E-state index in [4.69, 9.17) is 5.26 Å². The van der Waals surface area contributed by atoms with E-state index in [0.717, 1.165) is 0 Å². The van der Waals surface area contributed by atoms with Crippen molar-refractivity contribution < 1.29 is 4.39 Å². The van der Waals surface area contributed by atoms with Gasteiger partial charge in [-0.05, 0) is 18.6 Å². The zero-order chi connectivity index (χ0) is 13.8. The largest absolute Gasteiger partial charge is 0.343 e. The van der Waals surface area contributed by atoms with Crippen LogP contribution in [0.1, 0.15) is 18.1 Å². The highest BCUT2D eigenvalue weighted by atomic mass is 32.2. The lowest BCUT2D eigenvalue weighted by molar-refractivity contribution is 0.613. The number of benzene rings is 1. The highest BCUT2D eigenvalue weighted by molar-refractivity contribution is 7.98. The minimum atomic E-state index is -0.515. The maximum absolute atomic E-state index is 13.8. The Hall–Kier alpha value is -2.07. The van der Waals surface area contributed by atoms with Crippen molar-refractivity contribution in [1.82, 2.24) is 14.8 Å². The number of nitriles is 1. The highest BCUT2D eigenvalue weighted by Crippen LogP contribution is 2.22. The molecule has 0 spiro atoms. The van der Waals surface area contributed by atoms with Crippen LogP contribution in [0.15, 0.2) is 28.2 Å². The topological polar surface area (TPSA) is 74.5 Å². The molecule has 19 heavy (non-hydrogen) atoms. The fourth-order valence-electron chi connectivity index (χ4n) is 1.61. The summed E-state index contributed by atoms with van der Waals surface area (Å²) in [5.41, 5.74) is 0.159. The number of aromatic nitrogens is 3. The quantitative estimate of drug-likeness (QED) is 0.867. The lowest BCUT2D eigenvalue weighted by atomic mass is 10.1. The van der Waals surface area contributed by atoms with Gasteiger partial charge in [0.1, 0.15) is 11.9 Å². The van der Waals surface area contributed by atoms with Crippen LogP contribution >= 0.6 is 11.8 Å². The Morgan fingerprint density at radius 2 is 2.37 bits per heavy atom. The van der Waals surface area contributed by atoms with Gasteiger partial charge in [-0.25, -0.2) is 14.3 Å². The van der Waals surface area contributed by atoms with Gasteiger partial charge in [0, 0.05) is 12.3 Å². The molecule has 0 saturated heterocycles. The summed E-state index contributed by atoms with van der Waals surface area (Å²) < 4.78 is 15.3. The second kappa shape index (κ2) is 5.71. The number of aromatic amines is 1. The third-order valence-corrected chi connectivity index (χ3v) is 3.62. The van der Waals surface area contributed by atoms with E-state index in [-0.39, 0.29) is 11.3 Å². The summed E-state index contributed by atoms with van der Waals surface area (Å²) in [4.78, 5) is 11.4. The van der Waals surface area contributed by atoms with E-state index < -0.39 is 5.82 Å². The van der Waals surface area contributed by atoms with Crippen LogP contribution < -0.4 is 5.69 Å². The summed E-state index contributed by atoms with van der Waals surface area (Å²) in [6, 6.07) is 6.48. The van der Waals surface area contributed by atoms with Gasteiger partial charge in [-0.2, -0.15) is 5.26 Å². The summed E-state index contributed by atoms with van der Waals surface area (Å²) in [6.07, 6.45) is 0. The minimum Gasteiger partial charge on any atom is -0.270 e. The standard InChI is InChI=1S/C12H11FN4OS/c1-2-17-11(18)15-16-12(17)19-7-9-5-3-4-8(6-14)10(9)13/h3-5H,2,7H2,1H3,(H,15,18). The van der Waals surface area contributed by atoms with Crippen molar-refractivity contribution in [1.29, 1.82) is 5.26 Å². The average molecular weight is 278 g/mol. The van der Waals surface area contributed by atoms with Crippen LogP contribution in [0.2, 0.25) is 0 Å². The van der Waals surface area contributed by atoms with Gasteiger partial charge in [-0.3, -0.25) is 4.57 Å². The molecule has 7 heteroatoms. The van der Waals surface area contributed by atoms with Gasteiger partial charge in [-0.1, -0.05) is 23.9 Å². The van der Waals surface area contributed by atoms with E-state index >= 15 is 0 Å². The van der Waals surface area contributed by atoms with E-state index in [1.165, 1.54) is 22.4 Å². The monoisotopic (exact) mass is 278 g/mol. The second-order valence-corrected chi connectivity index (χ2v) is 4.68. The van der Waals surface area contributed by atoms with Crippen LogP contribution in [0.3, 0.4) is 0 Å². The van der Waals surface area contributed by atoms with Crippen molar-refractivity contribution in [2.75, 3.05) is 0 Å². The Kier molecular flexibility index (Phi) is 4.02. The molecule has 2 rings (SSSR count). The maximum atomic E-state index is 13.8. The molecule has 2 aromatic rings. The molecule has 0 aliphatic heterocycles. The van der Waals surface area contributed by atoms with Gasteiger partial charge < -0.3 is 0 Å². The molecular weight excluding hydrogens is 267 g/mol. The first-order valence-corrected chi connectivity index (χ1v) is 6.61. The minimum absolute atomic E-state index is 0.0213. The van der Waals surface area contributed by atoms with Gasteiger partial charge >= 0.3 is 5.69 Å². The van der Waals surface area contributed by atoms with Crippen molar-refractivity contribution >= 4 is 11.8 Å². The van der Waals surface area contributed by atoms with E-state index in [1.54, 1.807) is 18.2 Å². The lowest BCUT2D eigenvalue weighted by Crippen LogP contribution is -2.16. The fraction of sp³-hybridized carbons (Fsp3) is 0.250. The van der Waals surface area contributed by atoms with Crippen molar-refractivity contribution in [2.45, 2.75) is 24.4 Å². The van der Waals surface area contributed by atoms with Gasteiger partial charge in [-0.15, -0.1) is 5.10 Å². The fourth-order valence-corrected chi connectivity index (χ4v) is 2.60. The number of halogens is 1. The van der Waals surface area contributed by atoms with Crippen LogP contribution in [0.4, 0.5) is 4.39 Å². The van der Waals surface area contributed by atoms with Crippen molar-refractivity contribution in [2.24, 2.45) is 0 Å². The molecule has 0 radical (unpaired) electrons. The number of nitrogens with zero attached hydrogens (tertiary/aromatic N) is 3. The second-order valence-electron chi connectivity index (χ2n) is 3.73. The SMILES string of the molecule is CCn1c(SCc2cccc(C#N)c2F)n[nH]c1=O. The van der Waals surface area contributed by atoms with E-state index in [2.05, 4.69) is 10.2 Å². The van der Waals surface area contributed by atoms with Crippen LogP contribution in [0.5, 0.6) is 0 Å². The Morgan fingerprint density at radius 3 is 3.05 bits per heavy atom. The zero-order valence-electron chi connectivity index (χ0n) is 10.2. The molecule has 0 atom stereocenters. The molecule has 98 valence electrons. The maximum Gasteiger partial charge on any atom is 0.343 e. The normalized spacial score (nSPS) is 10.4. The van der Waals surface area contributed by atoms with Gasteiger partial charge in [0.05, 0.1) is 5.56 Å². The molecule has 0 bridgehead atoms. The molecule has 0 aliphatic carbocycles. The van der Waals surface area contributed by atoms with Crippen LogP contribution in [0, 0.1) is 17.1 Å². The molecule has 1 heterocycles. The Labute approximate surface area is 113 Å². The zero-order valence-corrected chi connectivity index (χ0v) is 11.0. The summed E-state index contributed by atoms with van der Waals surface area (Å²) >= 11 is 1.25. The number of thioether (sulfide) groups is 1. The molecule has 1 N–H and O–H groups in total. The number of hydrogen-bond donors (Lipinski definition) is 1. The molecule has 5 nitrogen and oxygen atoms in total. The smallest absolute Gasteiger partial charge is 0.270 e. The van der Waals surface area contributed by atoms with Crippen LogP contribution in [-0.4, -0.2) is 14.8 Å². The predicted molar refractivity (Wildman–Crippen MR) is 69.2 cm³/mol. The van der Waals surface area contributed by atoms with E-state index in [9.17, 15) is 9.18 Å². The van der Waals surface area contributed by atoms with E-state index in [1.807, 2.05) is 6.92 Å². The molecule has 0 fully saturated rings. The molecule has 0 amide bonds. The number of nitrogens with one attached hydrogen (secondary N) is 1. The third kappa shape index (κ3) is 2.69.